The summed E-state index contributed by atoms with van der Waals surface area (Å²) >= 11 is 5.86. The molecule has 0 bridgehead atoms. The second kappa shape index (κ2) is 3.61. The SMILES string of the molecule is Clc1cccc(-c2ccn3ccnc3c2)n1. The van der Waals surface area contributed by atoms with Gasteiger partial charge in [0.15, 0.2) is 0 Å². The zero-order chi connectivity index (χ0) is 11.0. The van der Waals surface area contributed by atoms with Crippen molar-refractivity contribution in [1.82, 2.24) is 14.4 Å². The van der Waals surface area contributed by atoms with Crippen LogP contribution >= 0.6 is 11.6 Å². The van der Waals surface area contributed by atoms with Crippen LogP contribution in [0.15, 0.2) is 48.9 Å². The smallest absolute Gasteiger partial charge is 0.137 e. The molecule has 0 aliphatic heterocycles. The fourth-order valence-corrected chi connectivity index (χ4v) is 1.80. The Labute approximate surface area is 97.3 Å². The predicted molar refractivity (Wildman–Crippen MR) is 63.4 cm³/mol. The van der Waals surface area contributed by atoms with Crippen LogP contribution in [0.3, 0.4) is 0 Å². The average molecular weight is 230 g/mol. The molecular weight excluding hydrogens is 222 g/mol. The van der Waals surface area contributed by atoms with Gasteiger partial charge < -0.3 is 4.40 Å². The van der Waals surface area contributed by atoms with E-state index in [0.29, 0.717) is 5.15 Å². The van der Waals surface area contributed by atoms with Crippen LogP contribution in [0.1, 0.15) is 0 Å². The van der Waals surface area contributed by atoms with E-state index in [1.54, 1.807) is 12.3 Å². The Morgan fingerprint density at radius 3 is 2.94 bits per heavy atom. The number of imidazole rings is 1. The molecule has 3 rings (SSSR count). The molecule has 3 aromatic heterocycles. The van der Waals surface area contributed by atoms with Gasteiger partial charge in [-0.3, -0.25) is 0 Å². The van der Waals surface area contributed by atoms with Gasteiger partial charge in [0.2, 0.25) is 0 Å². The van der Waals surface area contributed by atoms with E-state index in [1.165, 1.54) is 0 Å². The highest BCUT2D eigenvalue weighted by atomic mass is 35.5. The van der Waals surface area contributed by atoms with Crippen LogP contribution < -0.4 is 0 Å². The Bertz CT molecular complexity index is 645. The third-order valence-electron chi connectivity index (χ3n) is 2.41. The van der Waals surface area contributed by atoms with Crippen molar-refractivity contribution in [2.45, 2.75) is 0 Å². The monoisotopic (exact) mass is 229 g/mol. The van der Waals surface area contributed by atoms with Crippen LogP contribution in [0.5, 0.6) is 0 Å². The van der Waals surface area contributed by atoms with E-state index in [-0.39, 0.29) is 0 Å². The second-order valence-corrected chi connectivity index (χ2v) is 3.84. The minimum absolute atomic E-state index is 0.501. The lowest BCUT2D eigenvalue weighted by Crippen LogP contribution is -1.87. The van der Waals surface area contributed by atoms with E-state index in [1.807, 2.05) is 41.1 Å². The summed E-state index contributed by atoms with van der Waals surface area (Å²) in [7, 11) is 0. The van der Waals surface area contributed by atoms with Crippen molar-refractivity contribution in [3.05, 3.63) is 54.1 Å². The molecule has 4 heteroatoms. The summed E-state index contributed by atoms with van der Waals surface area (Å²) in [5.41, 5.74) is 2.78. The van der Waals surface area contributed by atoms with E-state index in [9.17, 15) is 0 Å². The first-order valence-corrected chi connectivity index (χ1v) is 5.26. The highest BCUT2D eigenvalue weighted by Gasteiger charge is 2.01. The summed E-state index contributed by atoms with van der Waals surface area (Å²) in [6.45, 7) is 0. The molecule has 0 saturated heterocycles. The van der Waals surface area contributed by atoms with E-state index in [4.69, 9.17) is 11.6 Å². The maximum Gasteiger partial charge on any atom is 0.137 e. The molecule has 0 amide bonds. The number of hydrogen-bond acceptors (Lipinski definition) is 2. The molecule has 3 nitrogen and oxygen atoms in total. The predicted octanol–water partition coefficient (Wildman–Crippen LogP) is 3.05. The zero-order valence-electron chi connectivity index (χ0n) is 8.34. The maximum absolute atomic E-state index is 5.86. The van der Waals surface area contributed by atoms with E-state index < -0.39 is 0 Å². The molecule has 16 heavy (non-hydrogen) atoms. The van der Waals surface area contributed by atoms with Gasteiger partial charge in [-0.25, -0.2) is 9.97 Å². The summed E-state index contributed by atoms with van der Waals surface area (Å²) in [6.07, 6.45) is 5.63. The summed E-state index contributed by atoms with van der Waals surface area (Å²) in [4.78, 5) is 8.49. The van der Waals surface area contributed by atoms with Gasteiger partial charge in [0.05, 0.1) is 5.69 Å². The van der Waals surface area contributed by atoms with Gasteiger partial charge in [0.25, 0.3) is 0 Å². The fourth-order valence-electron chi connectivity index (χ4n) is 1.64. The first-order chi connectivity index (χ1) is 7.83. The minimum Gasteiger partial charge on any atom is -0.307 e. The summed E-state index contributed by atoms with van der Waals surface area (Å²) < 4.78 is 1.95. The molecule has 0 saturated carbocycles. The Kier molecular flexibility index (Phi) is 2.11. The molecule has 0 unspecified atom stereocenters. The van der Waals surface area contributed by atoms with Crippen molar-refractivity contribution in [1.29, 1.82) is 0 Å². The minimum atomic E-state index is 0.501. The third-order valence-corrected chi connectivity index (χ3v) is 2.62. The number of rotatable bonds is 1. The first-order valence-electron chi connectivity index (χ1n) is 4.88. The van der Waals surface area contributed by atoms with Gasteiger partial charge in [-0.2, -0.15) is 0 Å². The highest BCUT2D eigenvalue weighted by Crippen LogP contribution is 2.19. The van der Waals surface area contributed by atoms with Gasteiger partial charge in [0, 0.05) is 24.2 Å². The fraction of sp³-hybridized carbons (Fsp3) is 0. The van der Waals surface area contributed by atoms with Crippen LogP contribution in [-0.4, -0.2) is 14.4 Å². The van der Waals surface area contributed by atoms with Crippen molar-refractivity contribution in [2.75, 3.05) is 0 Å². The number of aromatic nitrogens is 3. The van der Waals surface area contributed by atoms with Crippen molar-refractivity contribution >= 4 is 17.2 Å². The number of fused-ring (bicyclic) bond motifs is 1. The molecule has 0 aliphatic rings. The van der Waals surface area contributed by atoms with Gasteiger partial charge in [-0.15, -0.1) is 0 Å². The van der Waals surface area contributed by atoms with Crippen molar-refractivity contribution in [2.24, 2.45) is 0 Å². The van der Waals surface area contributed by atoms with Crippen LogP contribution in [-0.2, 0) is 0 Å². The maximum atomic E-state index is 5.86. The van der Waals surface area contributed by atoms with Crippen molar-refractivity contribution < 1.29 is 0 Å². The normalized spacial score (nSPS) is 10.8. The molecule has 3 aromatic rings. The molecule has 0 N–H and O–H groups in total. The average Bonchev–Trinajstić information content (AvgIpc) is 2.75. The van der Waals surface area contributed by atoms with E-state index >= 15 is 0 Å². The molecule has 0 spiro atoms. The Balaban J connectivity index is 2.18. The topological polar surface area (TPSA) is 30.2 Å². The van der Waals surface area contributed by atoms with Crippen molar-refractivity contribution in [3.8, 4) is 11.3 Å². The number of halogens is 1. The third kappa shape index (κ3) is 1.55. The molecule has 0 aliphatic carbocycles. The largest absolute Gasteiger partial charge is 0.307 e. The molecule has 0 fully saturated rings. The lowest BCUT2D eigenvalue weighted by molar-refractivity contribution is 1.18. The lowest BCUT2D eigenvalue weighted by Gasteiger charge is -2.01. The Morgan fingerprint density at radius 2 is 2.06 bits per heavy atom. The quantitative estimate of drug-likeness (QED) is 0.601. The Morgan fingerprint density at radius 1 is 1.12 bits per heavy atom. The van der Waals surface area contributed by atoms with E-state index in [0.717, 1.165) is 16.9 Å². The van der Waals surface area contributed by atoms with Gasteiger partial charge in [-0.05, 0) is 24.3 Å². The summed E-state index contributed by atoms with van der Waals surface area (Å²) in [6, 6.07) is 9.56. The first kappa shape index (κ1) is 9.36. The second-order valence-electron chi connectivity index (χ2n) is 3.45. The standard InChI is InChI=1S/C12H8ClN3/c13-11-3-1-2-10(15-11)9-4-6-16-7-5-14-12(16)8-9/h1-8H. The number of hydrogen-bond donors (Lipinski definition) is 0. The molecule has 78 valence electrons. The molecule has 3 heterocycles. The van der Waals surface area contributed by atoms with Gasteiger partial charge in [0.1, 0.15) is 10.8 Å². The summed E-state index contributed by atoms with van der Waals surface area (Å²) in [5.74, 6) is 0. The van der Waals surface area contributed by atoms with Crippen LogP contribution in [0.4, 0.5) is 0 Å². The van der Waals surface area contributed by atoms with Crippen LogP contribution in [0.2, 0.25) is 5.15 Å². The molecule has 0 atom stereocenters. The number of nitrogens with zero attached hydrogens (tertiary/aromatic N) is 3. The zero-order valence-corrected chi connectivity index (χ0v) is 9.09. The summed E-state index contributed by atoms with van der Waals surface area (Å²) in [5, 5.41) is 0.501. The lowest BCUT2D eigenvalue weighted by atomic mass is 10.2. The van der Waals surface area contributed by atoms with Crippen LogP contribution in [0.25, 0.3) is 16.9 Å². The Hall–Kier alpha value is -1.87. The van der Waals surface area contributed by atoms with Crippen molar-refractivity contribution in [3.63, 3.8) is 0 Å². The molecule has 0 aromatic carbocycles. The van der Waals surface area contributed by atoms with Gasteiger partial charge in [-0.1, -0.05) is 17.7 Å². The number of pyridine rings is 2. The highest BCUT2D eigenvalue weighted by molar-refractivity contribution is 6.29. The molecule has 0 radical (unpaired) electrons. The van der Waals surface area contributed by atoms with Crippen LogP contribution in [0, 0.1) is 0 Å². The van der Waals surface area contributed by atoms with Gasteiger partial charge >= 0.3 is 0 Å². The van der Waals surface area contributed by atoms with E-state index in [2.05, 4.69) is 9.97 Å². The molecular formula is C12H8ClN3.